The van der Waals surface area contributed by atoms with Gasteiger partial charge in [0.05, 0.1) is 15.4 Å². The zero-order valence-electron chi connectivity index (χ0n) is 16.3. The number of nitro benzene ring substituents is 2. The Morgan fingerprint density at radius 1 is 0.906 bits per heavy atom. The number of para-hydroxylation sites is 1. The van der Waals surface area contributed by atoms with E-state index in [1.807, 2.05) is 0 Å². The fraction of sp³-hybridized carbons (Fsp3) is 0.0476. The van der Waals surface area contributed by atoms with Gasteiger partial charge in [-0.15, -0.1) is 0 Å². The molecule has 1 aliphatic rings. The van der Waals surface area contributed by atoms with Crippen LogP contribution in [0.2, 0.25) is 0 Å². The summed E-state index contributed by atoms with van der Waals surface area (Å²) in [5, 5.41) is 26.2. The van der Waals surface area contributed by atoms with Crippen LogP contribution < -0.4 is 10.7 Å². The maximum absolute atomic E-state index is 13.2. The van der Waals surface area contributed by atoms with Gasteiger partial charge in [0.25, 0.3) is 23.2 Å². The van der Waals surface area contributed by atoms with E-state index in [1.54, 1.807) is 30.3 Å². The molecule has 11 heteroatoms. The van der Waals surface area contributed by atoms with Crippen LogP contribution in [-0.4, -0.2) is 26.7 Å². The molecule has 0 aliphatic carbocycles. The molecule has 0 unspecified atom stereocenters. The molecule has 0 saturated carbocycles. The number of carbonyl (C=O) groups is 2. The summed E-state index contributed by atoms with van der Waals surface area (Å²) < 4.78 is 0. The van der Waals surface area contributed by atoms with E-state index in [1.165, 1.54) is 42.5 Å². The van der Waals surface area contributed by atoms with Crippen molar-refractivity contribution in [3.05, 3.63) is 110 Å². The topological polar surface area (TPSA) is 148 Å². The largest absolute Gasteiger partial charge is 0.359 e. The minimum atomic E-state index is -0.931. The first kappa shape index (κ1) is 20.5. The molecule has 3 aromatic rings. The molecular weight excluding hydrogens is 418 g/mol. The van der Waals surface area contributed by atoms with E-state index in [-0.39, 0.29) is 16.9 Å². The maximum Gasteiger partial charge on any atom is 0.276 e. The highest BCUT2D eigenvalue weighted by Crippen LogP contribution is 2.33. The number of nitrogens with zero attached hydrogens (tertiary/aromatic N) is 3. The highest BCUT2D eigenvalue weighted by atomic mass is 16.6. The van der Waals surface area contributed by atoms with E-state index in [0.29, 0.717) is 16.8 Å². The van der Waals surface area contributed by atoms with Crippen molar-refractivity contribution < 1.29 is 19.4 Å². The molecule has 11 nitrogen and oxygen atoms in total. The van der Waals surface area contributed by atoms with Gasteiger partial charge in [-0.25, -0.2) is 5.01 Å². The Morgan fingerprint density at radius 2 is 1.59 bits per heavy atom. The molecule has 2 amide bonds. The summed E-state index contributed by atoms with van der Waals surface area (Å²) in [6.07, 6.45) is -0.931. The van der Waals surface area contributed by atoms with E-state index in [9.17, 15) is 29.8 Å². The molecule has 0 aromatic heterocycles. The van der Waals surface area contributed by atoms with Gasteiger partial charge in [-0.05, 0) is 24.3 Å². The SMILES string of the molecule is O=C(NN1C(=O)c2ccccc2N[C@H]1c1cccc([N+](=O)[O-])c1)c1ccc([N+](=O)[O-])cc1. The Labute approximate surface area is 180 Å². The average molecular weight is 433 g/mol. The number of anilines is 1. The third-order valence-corrected chi connectivity index (χ3v) is 4.89. The minimum absolute atomic E-state index is 0.0973. The van der Waals surface area contributed by atoms with Crippen LogP contribution >= 0.6 is 0 Å². The lowest BCUT2D eigenvalue weighted by Gasteiger charge is -2.37. The summed E-state index contributed by atoms with van der Waals surface area (Å²) in [6.45, 7) is 0. The van der Waals surface area contributed by atoms with Crippen LogP contribution in [-0.2, 0) is 0 Å². The van der Waals surface area contributed by atoms with E-state index < -0.39 is 27.8 Å². The third kappa shape index (κ3) is 3.81. The number of fused-ring (bicyclic) bond motifs is 1. The number of rotatable bonds is 5. The van der Waals surface area contributed by atoms with Crippen LogP contribution in [0.25, 0.3) is 0 Å². The number of nitrogens with one attached hydrogen (secondary N) is 2. The van der Waals surface area contributed by atoms with Crippen molar-refractivity contribution in [2.75, 3.05) is 5.32 Å². The van der Waals surface area contributed by atoms with E-state index in [0.717, 1.165) is 5.01 Å². The molecule has 3 aromatic carbocycles. The number of hydrogen-bond acceptors (Lipinski definition) is 7. The zero-order chi connectivity index (χ0) is 22.8. The zero-order valence-corrected chi connectivity index (χ0v) is 16.3. The molecule has 1 heterocycles. The predicted molar refractivity (Wildman–Crippen MR) is 113 cm³/mol. The van der Waals surface area contributed by atoms with Gasteiger partial charge in [0, 0.05) is 41.1 Å². The van der Waals surface area contributed by atoms with Gasteiger partial charge in [0.2, 0.25) is 0 Å². The minimum Gasteiger partial charge on any atom is -0.359 e. The molecule has 0 saturated heterocycles. The smallest absolute Gasteiger partial charge is 0.276 e. The highest BCUT2D eigenvalue weighted by Gasteiger charge is 2.35. The van der Waals surface area contributed by atoms with Crippen LogP contribution in [0.3, 0.4) is 0 Å². The van der Waals surface area contributed by atoms with Gasteiger partial charge in [-0.1, -0.05) is 24.3 Å². The summed E-state index contributed by atoms with van der Waals surface area (Å²) in [5.41, 5.74) is 3.46. The van der Waals surface area contributed by atoms with Crippen LogP contribution in [0.4, 0.5) is 17.1 Å². The fourth-order valence-electron chi connectivity index (χ4n) is 3.32. The first-order chi connectivity index (χ1) is 15.3. The molecule has 1 aliphatic heterocycles. The van der Waals surface area contributed by atoms with Crippen molar-refractivity contribution in [2.24, 2.45) is 0 Å². The first-order valence-electron chi connectivity index (χ1n) is 9.34. The number of nitro groups is 2. The van der Waals surface area contributed by atoms with E-state index in [2.05, 4.69) is 10.7 Å². The molecule has 0 fully saturated rings. The Bertz CT molecular complexity index is 1240. The summed E-state index contributed by atoms with van der Waals surface area (Å²) in [7, 11) is 0. The quantitative estimate of drug-likeness (QED) is 0.463. The van der Waals surface area contributed by atoms with Gasteiger partial charge >= 0.3 is 0 Å². The number of amides is 2. The van der Waals surface area contributed by atoms with Crippen molar-refractivity contribution in [3.8, 4) is 0 Å². The fourth-order valence-corrected chi connectivity index (χ4v) is 3.32. The molecular formula is C21H15N5O6. The Morgan fingerprint density at radius 3 is 2.28 bits per heavy atom. The van der Waals surface area contributed by atoms with Crippen LogP contribution in [0.15, 0.2) is 72.8 Å². The molecule has 0 radical (unpaired) electrons. The number of non-ortho nitro benzene ring substituents is 2. The normalized spacial score (nSPS) is 14.8. The second-order valence-electron chi connectivity index (χ2n) is 6.86. The molecule has 32 heavy (non-hydrogen) atoms. The van der Waals surface area contributed by atoms with Crippen LogP contribution in [0.5, 0.6) is 0 Å². The third-order valence-electron chi connectivity index (χ3n) is 4.89. The molecule has 1 atom stereocenters. The van der Waals surface area contributed by atoms with Gasteiger partial charge < -0.3 is 5.32 Å². The standard InChI is InChI=1S/C21H15N5O6/c27-20(13-8-10-15(11-9-13)25(29)30)23-24-19(14-4-3-5-16(12-14)26(31)32)22-18-7-2-1-6-17(18)21(24)28/h1-12,19,22H,(H,23,27)/t19-/m1/s1. The lowest BCUT2D eigenvalue weighted by Crippen LogP contribution is -2.52. The van der Waals surface area contributed by atoms with Crippen molar-refractivity contribution in [1.29, 1.82) is 0 Å². The lowest BCUT2D eigenvalue weighted by molar-refractivity contribution is -0.385. The summed E-state index contributed by atoms with van der Waals surface area (Å²) in [4.78, 5) is 46.9. The maximum atomic E-state index is 13.2. The van der Waals surface area contributed by atoms with Gasteiger partial charge in [-0.3, -0.25) is 35.2 Å². The number of hydrazine groups is 1. The Hall–Kier alpha value is -4.80. The Kier molecular flexibility index (Phi) is 5.21. The highest BCUT2D eigenvalue weighted by molar-refractivity contribution is 6.04. The van der Waals surface area contributed by atoms with Gasteiger partial charge in [0.15, 0.2) is 0 Å². The number of hydrogen-bond donors (Lipinski definition) is 2. The molecule has 4 rings (SSSR count). The molecule has 160 valence electrons. The van der Waals surface area contributed by atoms with Gasteiger partial charge in [0.1, 0.15) is 6.17 Å². The lowest BCUT2D eigenvalue weighted by atomic mass is 10.0. The summed E-state index contributed by atoms with van der Waals surface area (Å²) >= 11 is 0. The molecule has 0 bridgehead atoms. The van der Waals surface area contributed by atoms with E-state index in [4.69, 9.17) is 0 Å². The molecule has 2 N–H and O–H groups in total. The van der Waals surface area contributed by atoms with Crippen molar-refractivity contribution in [2.45, 2.75) is 6.17 Å². The first-order valence-corrected chi connectivity index (χ1v) is 9.34. The monoisotopic (exact) mass is 433 g/mol. The summed E-state index contributed by atoms with van der Waals surface area (Å²) in [6, 6.07) is 17.3. The number of carbonyl (C=O) groups excluding carboxylic acids is 2. The van der Waals surface area contributed by atoms with Crippen LogP contribution in [0.1, 0.15) is 32.4 Å². The molecule has 0 spiro atoms. The second kappa shape index (κ2) is 8.14. The van der Waals surface area contributed by atoms with E-state index >= 15 is 0 Å². The predicted octanol–water partition coefficient (Wildman–Crippen LogP) is 3.41. The van der Waals surface area contributed by atoms with Crippen molar-refractivity contribution >= 4 is 28.9 Å². The number of benzene rings is 3. The Balaban J connectivity index is 1.70. The van der Waals surface area contributed by atoms with Crippen molar-refractivity contribution in [1.82, 2.24) is 10.4 Å². The average Bonchev–Trinajstić information content (AvgIpc) is 2.80. The van der Waals surface area contributed by atoms with Crippen LogP contribution in [0, 0.1) is 20.2 Å². The summed E-state index contributed by atoms with van der Waals surface area (Å²) in [5.74, 6) is -1.20. The van der Waals surface area contributed by atoms with Gasteiger partial charge in [-0.2, -0.15) is 0 Å². The second-order valence-corrected chi connectivity index (χ2v) is 6.86. The van der Waals surface area contributed by atoms with Crippen molar-refractivity contribution in [3.63, 3.8) is 0 Å².